The predicted molar refractivity (Wildman–Crippen MR) is 80.3 cm³/mol. The number of thioether (sulfide) groups is 1. The first-order chi connectivity index (χ1) is 10.3. The Morgan fingerprint density at radius 3 is 3.14 bits per heavy atom. The van der Waals surface area contributed by atoms with Gasteiger partial charge in [0.2, 0.25) is 5.89 Å². The van der Waals surface area contributed by atoms with Crippen molar-refractivity contribution in [1.29, 1.82) is 0 Å². The molecule has 0 aliphatic heterocycles. The summed E-state index contributed by atoms with van der Waals surface area (Å²) in [6.07, 6.45) is 0.871. The minimum atomic E-state index is -0.191. The minimum Gasteiger partial charge on any atom is -0.419 e. The number of aromatic nitrogens is 5. The number of thiophene rings is 1. The molecule has 0 aromatic carbocycles. The van der Waals surface area contributed by atoms with Gasteiger partial charge in [-0.2, -0.15) is 0 Å². The number of H-pyrrole nitrogens is 1. The molecule has 0 bridgehead atoms. The van der Waals surface area contributed by atoms with Crippen LogP contribution in [0.15, 0.2) is 31.9 Å². The highest BCUT2D eigenvalue weighted by Crippen LogP contribution is 2.25. The van der Waals surface area contributed by atoms with Crippen molar-refractivity contribution in [2.75, 3.05) is 0 Å². The summed E-state index contributed by atoms with van der Waals surface area (Å²) in [5, 5.41) is 17.1. The second-order valence-electron chi connectivity index (χ2n) is 4.23. The Labute approximate surface area is 128 Å². The van der Waals surface area contributed by atoms with Crippen molar-refractivity contribution < 1.29 is 4.42 Å². The summed E-state index contributed by atoms with van der Waals surface area (Å²) in [5.74, 6) is 1.52. The number of nitrogens with one attached hydrogen (secondary N) is 1. The Balaban J connectivity index is 1.70. The van der Waals surface area contributed by atoms with Gasteiger partial charge in [-0.15, -0.1) is 26.6 Å². The van der Waals surface area contributed by atoms with Gasteiger partial charge in [0.25, 0.3) is 5.89 Å². The quantitative estimate of drug-likeness (QED) is 0.701. The summed E-state index contributed by atoms with van der Waals surface area (Å²) < 4.78 is 7.21. The van der Waals surface area contributed by atoms with Gasteiger partial charge in [-0.25, -0.2) is 9.89 Å². The molecule has 3 aromatic rings. The molecule has 0 atom stereocenters. The maximum atomic E-state index is 11.6. The number of hydrogen-bond acceptors (Lipinski definition) is 7. The molecule has 0 saturated carbocycles. The van der Waals surface area contributed by atoms with Crippen LogP contribution >= 0.6 is 23.1 Å². The van der Waals surface area contributed by atoms with Gasteiger partial charge in [0.05, 0.1) is 10.6 Å². The highest BCUT2D eigenvalue weighted by molar-refractivity contribution is 7.98. The third-order valence-electron chi connectivity index (χ3n) is 2.69. The van der Waals surface area contributed by atoms with E-state index in [-0.39, 0.29) is 5.69 Å². The highest BCUT2D eigenvalue weighted by Gasteiger charge is 2.13. The lowest BCUT2D eigenvalue weighted by molar-refractivity contribution is 0.529. The van der Waals surface area contributed by atoms with Gasteiger partial charge >= 0.3 is 5.69 Å². The lowest BCUT2D eigenvalue weighted by Gasteiger charge is -2.01. The van der Waals surface area contributed by atoms with Gasteiger partial charge in [-0.05, 0) is 17.9 Å². The average molecular weight is 323 g/mol. The Morgan fingerprint density at radius 2 is 2.38 bits per heavy atom. The maximum absolute atomic E-state index is 11.6. The Kier molecular flexibility index (Phi) is 4.20. The van der Waals surface area contributed by atoms with Crippen LogP contribution in [0.2, 0.25) is 0 Å². The predicted octanol–water partition coefficient (Wildman–Crippen LogP) is 2.39. The van der Waals surface area contributed by atoms with Crippen molar-refractivity contribution in [1.82, 2.24) is 25.0 Å². The largest absolute Gasteiger partial charge is 0.419 e. The molecule has 7 nitrogen and oxygen atoms in total. The summed E-state index contributed by atoms with van der Waals surface area (Å²) in [6, 6.07) is 3.87. The van der Waals surface area contributed by atoms with Crippen molar-refractivity contribution in [2.24, 2.45) is 0 Å². The van der Waals surface area contributed by atoms with Crippen molar-refractivity contribution >= 4 is 23.1 Å². The highest BCUT2D eigenvalue weighted by atomic mass is 32.2. The molecule has 0 amide bonds. The van der Waals surface area contributed by atoms with Gasteiger partial charge in [-0.3, -0.25) is 4.57 Å². The molecule has 0 spiro atoms. The molecule has 0 unspecified atom stereocenters. The molecule has 3 heterocycles. The molecule has 110 valence electrons. The van der Waals surface area contributed by atoms with E-state index >= 15 is 0 Å². The number of aromatic amines is 1. The molecule has 0 aliphatic rings. The average Bonchev–Trinajstić information content (AvgIpc) is 3.19. The van der Waals surface area contributed by atoms with Gasteiger partial charge in [-0.1, -0.05) is 24.8 Å². The second kappa shape index (κ2) is 6.27. The number of nitrogens with zero attached hydrogens (tertiary/aromatic N) is 4. The van der Waals surface area contributed by atoms with Crippen molar-refractivity contribution in [3.8, 4) is 10.8 Å². The molecule has 0 radical (unpaired) electrons. The van der Waals surface area contributed by atoms with E-state index < -0.39 is 0 Å². The van der Waals surface area contributed by atoms with E-state index in [1.807, 2.05) is 24.4 Å². The van der Waals surface area contributed by atoms with Gasteiger partial charge in [0.1, 0.15) is 0 Å². The van der Waals surface area contributed by atoms with Crippen LogP contribution in [0.1, 0.15) is 19.2 Å². The molecule has 0 fully saturated rings. The zero-order chi connectivity index (χ0) is 14.7. The van der Waals surface area contributed by atoms with E-state index in [0.717, 1.165) is 11.3 Å². The lowest BCUT2D eigenvalue weighted by Crippen LogP contribution is -2.17. The second-order valence-corrected chi connectivity index (χ2v) is 6.12. The third-order valence-corrected chi connectivity index (χ3v) is 4.51. The Hall–Kier alpha value is -1.87. The molecular formula is C12H13N5O2S2. The van der Waals surface area contributed by atoms with Crippen LogP contribution in [0.25, 0.3) is 10.8 Å². The maximum Gasteiger partial charge on any atom is 0.343 e. The fourth-order valence-corrected chi connectivity index (χ4v) is 3.23. The van der Waals surface area contributed by atoms with Crippen LogP contribution in [0, 0.1) is 0 Å². The standard InChI is InChI=1S/C12H13N5O2S2/c1-2-5-17-11(18)15-16-12(17)21-7-9-13-14-10(19-9)8-4-3-6-20-8/h3-4,6H,2,5,7H2,1H3,(H,15,18). The van der Waals surface area contributed by atoms with Crippen molar-refractivity contribution in [3.63, 3.8) is 0 Å². The van der Waals surface area contributed by atoms with Gasteiger partial charge < -0.3 is 4.42 Å². The number of rotatable bonds is 6. The monoisotopic (exact) mass is 323 g/mol. The number of hydrogen-bond donors (Lipinski definition) is 1. The fourth-order valence-electron chi connectivity index (χ4n) is 1.77. The van der Waals surface area contributed by atoms with Crippen molar-refractivity contribution in [3.05, 3.63) is 33.9 Å². The summed E-state index contributed by atoms with van der Waals surface area (Å²) in [4.78, 5) is 12.5. The molecule has 3 aromatic heterocycles. The van der Waals surface area contributed by atoms with Crippen LogP contribution in [0.5, 0.6) is 0 Å². The minimum absolute atomic E-state index is 0.191. The summed E-state index contributed by atoms with van der Waals surface area (Å²) >= 11 is 2.95. The smallest absolute Gasteiger partial charge is 0.343 e. The molecule has 21 heavy (non-hydrogen) atoms. The first kappa shape index (κ1) is 14.1. The molecule has 3 rings (SSSR count). The summed E-state index contributed by atoms with van der Waals surface area (Å²) in [7, 11) is 0. The van der Waals surface area contributed by atoms with E-state index in [1.54, 1.807) is 15.9 Å². The van der Waals surface area contributed by atoms with E-state index in [1.165, 1.54) is 11.8 Å². The Morgan fingerprint density at radius 1 is 1.48 bits per heavy atom. The fraction of sp³-hybridized carbons (Fsp3) is 0.333. The first-order valence-corrected chi connectivity index (χ1v) is 8.28. The molecule has 9 heteroatoms. The third kappa shape index (κ3) is 3.08. The molecule has 0 saturated heterocycles. The summed E-state index contributed by atoms with van der Waals surface area (Å²) in [5.41, 5.74) is -0.191. The van der Waals surface area contributed by atoms with Gasteiger partial charge in [0, 0.05) is 6.54 Å². The Bertz CT molecular complexity index is 759. The van der Waals surface area contributed by atoms with E-state index in [0.29, 0.717) is 29.2 Å². The van der Waals surface area contributed by atoms with Crippen molar-refractivity contribution in [2.45, 2.75) is 30.8 Å². The normalized spacial score (nSPS) is 11.1. The van der Waals surface area contributed by atoms with Crippen LogP contribution in [0.4, 0.5) is 0 Å². The van der Waals surface area contributed by atoms with E-state index in [2.05, 4.69) is 20.4 Å². The zero-order valence-electron chi connectivity index (χ0n) is 11.3. The lowest BCUT2D eigenvalue weighted by atomic mass is 10.5. The SMILES string of the molecule is CCCn1c(SCc2nnc(-c3cccs3)o2)n[nH]c1=O. The zero-order valence-corrected chi connectivity index (χ0v) is 12.9. The molecular weight excluding hydrogens is 310 g/mol. The van der Waals surface area contributed by atoms with E-state index in [9.17, 15) is 4.79 Å². The molecule has 1 N–H and O–H groups in total. The van der Waals surface area contributed by atoms with Gasteiger partial charge in [0.15, 0.2) is 5.16 Å². The van der Waals surface area contributed by atoms with E-state index in [4.69, 9.17) is 4.42 Å². The van der Waals surface area contributed by atoms with Crippen LogP contribution in [-0.4, -0.2) is 25.0 Å². The van der Waals surface area contributed by atoms with Crippen LogP contribution < -0.4 is 5.69 Å². The summed E-state index contributed by atoms with van der Waals surface area (Å²) in [6.45, 7) is 2.65. The topological polar surface area (TPSA) is 89.6 Å². The molecule has 0 aliphatic carbocycles. The first-order valence-electron chi connectivity index (χ1n) is 6.42. The van der Waals surface area contributed by atoms with Crippen LogP contribution in [-0.2, 0) is 12.3 Å². The van der Waals surface area contributed by atoms with Crippen LogP contribution in [0.3, 0.4) is 0 Å².